The lowest BCUT2D eigenvalue weighted by Gasteiger charge is -2.24. The number of hydrogen-bond acceptors (Lipinski definition) is 3. The molecule has 0 aromatic heterocycles. The molecule has 0 bridgehead atoms. The van der Waals surface area contributed by atoms with Crippen LogP contribution in [0.4, 0.5) is 0 Å². The van der Waals surface area contributed by atoms with E-state index in [4.69, 9.17) is 4.74 Å². The van der Waals surface area contributed by atoms with E-state index in [1.54, 1.807) is 13.2 Å². The van der Waals surface area contributed by atoms with Crippen LogP contribution in [0.1, 0.15) is 23.2 Å². The number of carboxylic acid groups (broad SMARTS) is 1. The summed E-state index contributed by atoms with van der Waals surface area (Å²) in [6.07, 6.45) is 4.64. The summed E-state index contributed by atoms with van der Waals surface area (Å²) in [5, 5.41) is 11.3. The Labute approximate surface area is 134 Å². The first kappa shape index (κ1) is 15.3. The Bertz CT molecular complexity index is 791. The van der Waals surface area contributed by atoms with Gasteiger partial charge in [-0.3, -0.25) is 9.59 Å². The minimum Gasteiger partial charge on any atom is -0.497 e. The SMILES string of the molecule is COc1ccc2cc(C(=O)C3CC=CCC3C(=O)O)ccc2c1. The maximum absolute atomic E-state index is 12.8. The van der Waals surface area contributed by atoms with Gasteiger partial charge < -0.3 is 9.84 Å². The van der Waals surface area contributed by atoms with Gasteiger partial charge in [-0.1, -0.05) is 30.4 Å². The molecule has 4 heteroatoms. The smallest absolute Gasteiger partial charge is 0.307 e. The number of benzene rings is 2. The molecule has 0 spiro atoms. The van der Waals surface area contributed by atoms with Crippen molar-refractivity contribution in [3.8, 4) is 5.75 Å². The van der Waals surface area contributed by atoms with E-state index in [1.165, 1.54) is 0 Å². The number of aliphatic carboxylic acids is 1. The number of ketones is 1. The Morgan fingerprint density at radius 1 is 1.00 bits per heavy atom. The van der Waals surface area contributed by atoms with Crippen LogP contribution in [0.3, 0.4) is 0 Å². The van der Waals surface area contributed by atoms with Crippen LogP contribution >= 0.6 is 0 Å². The Morgan fingerprint density at radius 3 is 2.35 bits per heavy atom. The van der Waals surface area contributed by atoms with Gasteiger partial charge in [0.2, 0.25) is 0 Å². The van der Waals surface area contributed by atoms with Gasteiger partial charge in [0.25, 0.3) is 0 Å². The van der Waals surface area contributed by atoms with E-state index >= 15 is 0 Å². The van der Waals surface area contributed by atoms with Crippen molar-refractivity contribution >= 4 is 22.5 Å². The lowest BCUT2D eigenvalue weighted by molar-refractivity contribution is -0.143. The summed E-state index contributed by atoms with van der Waals surface area (Å²) in [5.41, 5.74) is 0.564. The molecule has 0 saturated heterocycles. The van der Waals surface area contributed by atoms with Gasteiger partial charge in [0, 0.05) is 11.5 Å². The molecule has 0 saturated carbocycles. The van der Waals surface area contributed by atoms with Crippen molar-refractivity contribution in [2.45, 2.75) is 12.8 Å². The lowest BCUT2D eigenvalue weighted by atomic mass is 9.78. The second-order valence-electron chi connectivity index (χ2n) is 5.79. The molecule has 0 fully saturated rings. The summed E-state index contributed by atoms with van der Waals surface area (Å²) in [5.74, 6) is -1.37. The molecule has 2 atom stereocenters. The quantitative estimate of drug-likeness (QED) is 0.691. The van der Waals surface area contributed by atoms with Crippen molar-refractivity contribution in [2.75, 3.05) is 7.11 Å². The Kier molecular flexibility index (Phi) is 4.15. The fraction of sp³-hybridized carbons (Fsp3) is 0.263. The molecular weight excluding hydrogens is 292 g/mol. The summed E-state index contributed by atoms with van der Waals surface area (Å²) >= 11 is 0. The number of carbonyl (C=O) groups excluding carboxylic acids is 1. The lowest BCUT2D eigenvalue weighted by Crippen LogP contribution is -2.31. The van der Waals surface area contributed by atoms with E-state index in [0.29, 0.717) is 18.4 Å². The van der Waals surface area contributed by atoms with Crippen LogP contribution in [0.15, 0.2) is 48.6 Å². The average Bonchev–Trinajstić information content (AvgIpc) is 2.60. The first-order chi connectivity index (χ1) is 11.1. The maximum atomic E-state index is 12.8. The number of ether oxygens (including phenoxy) is 1. The Hall–Kier alpha value is -2.62. The molecule has 0 amide bonds. The van der Waals surface area contributed by atoms with Gasteiger partial charge in [-0.15, -0.1) is 0 Å². The van der Waals surface area contributed by atoms with Crippen molar-refractivity contribution in [2.24, 2.45) is 11.8 Å². The highest BCUT2D eigenvalue weighted by molar-refractivity contribution is 6.03. The predicted molar refractivity (Wildman–Crippen MR) is 87.8 cm³/mol. The normalized spacial score (nSPS) is 20.4. The number of hydrogen-bond donors (Lipinski definition) is 1. The van der Waals surface area contributed by atoms with Crippen LogP contribution < -0.4 is 4.74 Å². The van der Waals surface area contributed by atoms with Crippen LogP contribution in [0.2, 0.25) is 0 Å². The van der Waals surface area contributed by atoms with Crippen molar-refractivity contribution < 1.29 is 19.4 Å². The maximum Gasteiger partial charge on any atom is 0.307 e. The van der Waals surface area contributed by atoms with Crippen molar-refractivity contribution in [3.05, 3.63) is 54.1 Å². The van der Waals surface area contributed by atoms with Crippen LogP contribution in [0.5, 0.6) is 5.75 Å². The van der Waals surface area contributed by atoms with E-state index < -0.39 is 17.8 Å². The second-order valence-corrected chi connectivity index (χ2v) is 5.79. The van der Waals surface area contributed by atoms with E-state index in [1.807, 2.05) is 42.5 Å². The van der Waals surface area contributed by atoms with Crippen LogP contribution in [0.25, 0.3) is 10.8 Å². The molecule has 0 aliphatic heterocycles. The van der Waals surface area contributed by atoms with Gasteiger partial charge in [-0.05, 0) is 41.8 Å². The third-order valence-electron chi connectivity index (χ3n) is 4.42. The first-order valence-corrected chi connectivity index (χ1v) is 7.60. The van der Waals surface area contributed by atoms with Gasteiger partial charge in [0.05, 0.1) is 13.0 Å². The molecule has 1 N–H and O–H groups in total. The highest BCUT2D eigenvalue weighted by Gasteiger charge is 2.34. The number of carbonyl (C=O) groups is 2. The average molecular weight is 310 g/mol. The fourth-order valence-corrected chi connectivity index (χ4v) is 3.10. The number of fused-ring (bicyclic) bond motifs is 1. The Balaban J connectivity index is 1.94. The van der Waals surface area contributed by atoms with Gasteiger partial charge in [0.1, 0.15) is 5.75 Å². The van der Waals surface area contributed by atoms with Crippen LogP contribution in [-0.2, 0) is 4.79 Å². The molecule has 23 heavy (non-hydrogen) atoms. The Morgan fingerprint density at radius 2 is 1.65 bits per heavy atom. The zero-order chi connectivity index (χ0) is 16.4. The number of Topliss-reactive ketones (excluding diaryl/α,β-unsaturated/α-hetero) is 1. The highest BCUT2D eigenvalue weighted by atomic mass is 16.5. The largest absolute Gasteiger partial charge is 0.497 e. The molecule has 1 aliphatic carbocycles. The molecular formula is C19H18O4. The van der Waals surface area contributed by atoms with Gasteiger partial charge in [-0.25, -0.2) is 0 Å². The molecule has 118 valence electrons. The van der Waals surface area contributed by atoms with E-state index in [2.05, 4.69) is 0 Å². The first-order valence-electron chi connectivity index (χ1n) is 7.60. The van der Waals surface area contributed by atoms with Gasteiger partial charge >= 0.3 is 5.97 Å². The topological polar surface area (TPSA) is 63.6 Å². The molecule has 4 nitrogen and oxygen atoms in total. The van der Waals surface area contributed by atoms with E-state index in [-0.39, 0.29) is 5.78 Å². The molecule has 1 aliphatic rings. The molecule has 0 radical (unpaired) electrons. The van der Waals surface area contributed by atoms with Crippen molar-refractivity contribution in [3.63, 3.8) is 0 Å². The van der Waals surface area contributed by atoms with E-state index in [9.17, 15) is 14.7 Å². The molecule has 2 unspecified atom stereocenters. The molecule has 2 aromatic rings. The molecule has 3 rings (SSSR count). The predicted octanol–water partition coefficient (Wildman–Crippen LogP) is 3.70. The standard InChI is InChI=1S/C19H18O4/c1-23-15-9-8-12-10-14(7-6-13(12)11-15)18(20)16-4-2-3-5-17(16)19(21)22/h2-3,6-11,16-17H,4-5H2,1H3,(H,21,22). The zero-order valence-corrected chi connectivity index (χ0v) is 12.9. The minimum atomic E-state index is -0.904. The summed E-state index contributed by atoms with van der Waals surface area (Å²) in [6.45, 7) is 0. The zero-order valence-electron chi connectivity index (χ0n) is 12.9. The van der Waals surface area contributed by atoms with Crippen molar-refractivity contribution in [1.29, 1.82) is 0 Å². The third kappa shape index (κ3) is 2.97. The number of carboxylic acids is 1. The second kappa shape index (κ2) is 6.24. The fourth-order valence-electron chi connectivity index (χ4n) is 3.10. The summed E-state index contributed by atoms with van der Waals surface area (Å²) in [4.78, 5) is 24.1. The van der Waals surface area contributed by atoms with Crippen LogP contribution in [-0.4, -0.2) is 24.0 Å². The minimum absolute atomic E-state index is 0.0977. The third-order valence-corrected chi connectivity index (χ3v) is 4.42. The number of methoxy groups -OCH3 is 1. The summed E-state index contributed by atoms with van der Waals surface area (Å²) in [6, 6.07) is 11.1. The van der Waals surface area contributed by atoms with Gasteiger partial charge in [-0.2, -0.15) is 0 Å². The number of rotatable bonds is 4. The number of allylic oxidation sites excluding steroid dienone is 2. The van der Waals surface area contributed by atoms with Gasteiger partial charge in [0.15, 0.2) is 5.78 Å². The van der Waals surface area contributed by atoms with Crippen LogP contribution in [0, 0.1) is 11.8 Å². The summed E-state index contributed by atoms with van der Waals surface area (Å²) in [7, 11) is 1.61. The molecule has 2 aromatic carbocycles. The summed E-state index contributed by atoms with van der Waals surface area (Å²) < 4.78 is 5.20. The monoisotopic (exact) mass is 310 g/mol. The van der Waals surface area contributed by atoms with Crippen molar-refractivity contribution in [1.82, 2.24) is 0 Å². The molecule has 0 heterocycles. The van der Waals surface area contributed by atoms with E-state index in [0.717, 1.165) is 16.5 Å². The highest BCUT2D eigenvalue weighted by Crippen LogP contribution is 2.30.